The van der Waals surface area contributed by atoms with Gasteiger partial charge < -0.3 is 15.2 Å². The number of hydrogen-bond donors (Lipinski definition) is 2. The fourth-order valence-corrected chi connectivity index (χ4v) is 1.66. The number of carbonyl (C=O) groups is 2. The fourth-order valence-electron chi connectivity index (χ4n) is 1.66. The van der Waals surface area contributed by atoms with Crippen LogP contribution in [-0.4, -0.2) is 23.6 Å². The zero-order chi connectivity index (χ0) is 11.5. The summed E-state index contributed by atoms with van der Waals surface area (Å²) in [6.07, 6.45) is -0.515. The SMILES string of the molecule is O=C(O)CC(=O)NC1COc2ccccc21. The molecule has 0 bridgehead atoms. The number of nitrogens with one attached hydrogen (secondary N) is 1. The lowest BCUT2D eigenvalue weighted by atomic mass is 10.1. The van der Waals surface area contributed by atoms with Crippen molar-refractivity contribution in [3.63, 3.8) is 0 Å². The van der Waals surface area contributed by atoms with Gasteiger partial charge in [-0.2, -0.15) is 0 Å². The third-order valence-electron chi connectivity index (χ3n) is 2.35. The number of carbonyl (C=O) groups excluding carboxylic acids is 1. The molecule has 1 aliphatic rings. The molecule has 84 valence electrons. The zero-order valence-electron chi connectivity index (χ0n) is 8.47. The van der Waals surface area contributed by atoms with Gasteiger partial charge >= 0.3 is 5.97 Å². The molecule has 0 aromatic heterocycles. The Balaban J connectivity index is 2.03. The molecule has 1 aliphatic heterocycles. The van der Waals surface area contributed by atoms with Crippen LogP contribution in [0.25, 0.3) is 0 Å². The number of benzene rings is 1. The minimum Gasteiger partial charge on any atom is -0.491 e. The van der Waals surface area contributed by atoms with Gasteiger partial charge in [-0.15, -0.1) is 0 Å². The van der Waals surface area contributed by atoms with Crippen LogP contribution in [-0.2, 0) is 9.59 Å². The molecule has 5 heteroatoms. The Morgan fingerprint density at radius 3 is 2.94 bits per heavy atom. The standard InChI is InChI=1S/C11H11NO4/c13-10(5-11(14)15)12-8-6-16-9-4-2-1-3-7(8)9/h1-4,8H,5-6H2,(H,12,13)(H,14,15). The molecule has 1 atom stereocenters. The highest BCUT2D eigenvalue weighted by Crippen LogP contribution is 2.31. The molecule has 1 heterocycles. The molecule has 0 saturated heterocycles. The summed E-state index contributed by atoms with van der Waals surface area (Å²) < 4.78 is 5.35. The van der Waals surface area contributed by atoms with Crippen LogP contribution in [0.15, 0.2) is 24.3 Å². The van der Waals surface area contributed by atoms with Crippen LogP contribution in [0.4, 0.5) is 0 Å². The Kier molecular flexibility index (Phi) is 2.76. The van der Waals surface area contributed by atoms with Crippen molar-refractivity contribution in [3.05, 3.63) is 29.8 Å². The second kappa shape index (κ2) is 4.22. The van der Waals surface area contributed by atoms with E-state index in [4.69, 9.17) is 9.84 Å². The molecule has 2 rings (SSSR count). The third kappa shape index (κ3) is 2.13. The Labute approximate surface area is 92.0 Å². The largest absolute Gasteiger partial charge is 0.491 e. The van der Waals surface area contributed by atoms with E-state index in [-0.39, 0.29) is 6.04 Å². The zero-order valence-corrected chi connectivity index (χ0v) is 8.47. The van der Waals surface area contributed by atoms with Gasteiger partial charge in [-0.3, -0.25) is 9.59 Å². The normalized spacial score (nSPS) is 17.4. The Hall–Kier alpha value is -2.04. The van der Waals surface area contributed by atoms with Crippen molar-refractivity contribution in [3.8, 4) is 5.75 Å². The van der Waals surface area contributed by atoms with Gasteiger partial charge in [0.2, 0.25) is 5.91 Å². The van der Waals surface area contributed by atoms with Crippen LogP contribution in [0, 0.1) is 0 Å². The van der Waals surface area contributed by atoms with Crippen LogP contribution in [0.3, 0.4) is 0 Å². The van der Waals surface area contributed by atoms with Crippen LogP contribution in [0.1, 0.15) is 18.0 Å². The lowest BCUT2D eigenvalue weighted by molar-refractivity contribution is -0.140. The van der Waals surface area contributed by atoms with E-state index in [0.717, 1.165) is 11.3 Å². The number of fused-ring (bicyclic) bond motifs is 1. The van der Waals surface area contributed by atoms with E-state index in [0.29, 0.717) is 6.61 Å². The number of para-hydroxylation sites is 1. The van der Waals surface area contributed by atoms with Crippen LogP contribution in [0.5, 0.6) is 5.75 Å². The highest BCUT2D eigenvalue weighted by atomic mass is 16.5. The van der Waals surface area contributed by atoms with Crippen molar-refractivity contribution in [2.24, 2.45) is 0 Å². The first kappa shape index (κ1) is 10.5. The Morgan fingerprint density at radius 2 is 2.19 bits per heavy atom. The lowest BCUT2D eigenvalue weighted by Crippen LogP contribution is -2.30. The monoisotopic (exact) mass is 221 g/mol. The van der Waals surface area contributed by atoms with Gasteiger partial charge in [0.25, 0.3) is 0 Å². The summed E-state index contributed by atoms with van der Waals surface area (Å²) >= 11 is 0. The third-order valence-corrected chi connectivity index (χ3v) is 2.35. The van der Waals surface area contributed by atoms with Crippen molar-refractivity contribution >= 4 is 11.9 Å². The van der Waals surface area contributed by atoms with E-state index >= 15 is 0 Å². The predicted molar refractivity (Wildman–Crippen MR) is 55.1 cm³/mol. The highest BCUT2D eigenvalue weighted by Gasteiger charge is 2.25. The molecule has 5 nitrogen and oxygen atoms in total. The average Bonchev–Trinajstić information content (AvgIpc) is 2.61. The molecule has 0 spiro atoms. The molecule has 0 radical (unpaired) electrons. The molecule has 16 heavy (non-hydrogen) atoms. The van der Waals surface area contributed by atoms with E-state index < -0.39 is 18.3 Å². The minimum atomic E-state index is -1.13. The molecule has 0 fully saturated rings. The predicted octanol–water partition coefficient (Wildman–Crippen LogP) is 0.711. The Morgan fingerprint density at radius 1 is 1.44 bits per heavy atom. The average molecular weight is 221 g/mol. The van der Waals surface area contributed by atoms with Crippen LogP contribution in [0.2, 0.25) is 0 Å². The second-order valence-electron chi connectivity index (χ2n) is 3.54. The summed E-state index contributed by atoms with van der Waals surface area (Å²) in [6, 6.07) is 7.12. The number of aliphatic carboxylic acids is 1. The molecule has 2 N–H and O–H groups in total. The van der Waals surface area contributed by atoms with E-state index in [1.165, 1.54) is 0 Å². The number of rotatable bonds is 3. The van der Waals surface area contributed by atoms with Gasteiger partial charge in [-0.25, -0.2) is 0 Å². The van der Waals surface area contributed by atoms with Gasteiger partial charge in [-0.05, 0) is 6.07 Å². The number of hydrogen-bond acceptors (Lipinski definition) is 3. The maximum atomic E-state index is 11.3. The first-order valence-corrected chi connectivity index (χ1v) is 4.89. The van der Waals surface area contributed by atoms with Gasteiger partial charge in [0, 0.05) is 5.56 Å². The number of carboxylic acids is 1. The van der Waals surface area contributed by atoms with Crippen molar-refractivity contribution in [1.82, 2.24) is 5.32 Å². The smallest absolute Gasteiger partial charge is 0.312 e. The van der Waals surface area contributed by atoms with Gasteiger partial charge in [-0.1, -0.05) is 18.2 Å². The van der Waals surface area contributed by atoms with E-state index in [1.54, 1.807) is 0 Å². The summed E-state index contributed by atoms with van der Waals surface area (Å²) in [4.78, 5) is 21.6. The van der Waals surface area contributed by atoms with Crippen LogP contribution >= 0.6 is 0 Å². The first-order valence-electron chi connectivity index (χ1n) is 4.89. The number of carboxylic acid groups (broad SMARTS) is 1. The van der Waals surface area contributed by atoms with E-state index in [9.17, 15) is 9.59 Å². The maximum Gasteiger partial charge on any atom is 0.312 e. The lowest BCUT2D eigenvalue weighted by Gasteiger charge is -2.10. The summed E-state index contributed by atoms with van der Waals surface area (Å²) in [5.41, 5.74) is 0.890. The first-order chi connectivity index (χ1) is 7.66. The molecule has 1 aromatic carbocycles. The summed E-state index contributed by atoms with van der Waals surface area (Å²) in [5, 5.41) is 11.1. The summed E-state index contributed by atoms with van der Waals surface area (Å²) in [6.45, 7) is 0.352. The van der Waals surface area contributed by atoms with Crippen molar-refractivity contribution < 1.29 is 19.4 Å². The molecule has 1 unspecified atom stereocenters. The van der Waals surface area contributed by atoms with Crippen LogP contribution < -0.4 is 10.1 Å². The van der Waals surface area contributed by atoms with E-state index in [1.807, 2.05) is 24.3 Å². The summed E-state index contributed by atoms with van der Waals surface area (Å²) in [7, 11) is 0. The minimum absolute atomic E-state index is 0.247. The molecular weight excluding hydrogens is 210 g/mol. The van der Waals surface area contributed by atoms with Crippen molar-refractivity contribution in [2.45, 2.75) is 12.5 Å². The number of amides is 1. The topological polar surface area (TPSA) is 75.6 Å². The Bertz CT molecular complexity index is 430. The number of ether oxygens (including phenoxy) is 1. The molecule has 0 aliphatic carbocycles. The molecule has 1 aromatic rings. The maximum absolute atomic E-state index is 11.3. The molecular formula is C11H11NO4. The van der Waals surface area contributed by atoms with Gasteiger partial charge in [0.15, 0.2) is 0 Å². The molecule has 1 amide bonds. The van der Waals surface area contributed by atoms with Gasteiger partial charge in [0.1, 0.15) is 18.8 Å². The molecule has 0 saturated carbocycles. The van der Waals surface area contributed by atoms with Crippen molar-refractivity contribution in [2.75, 3.05) is 6.61 Å². The summed E-state index contributed by atoms with van der Waals surface area (Å²) in [5.74, 6) is -0.898. The van der Waals surface area contributed by atoms with Crippen molar-refractivity contribution in [1.29, 1.82) is 0 Å². The van der Waals surface area contributed by atoms with Gasteiger partial charge in [0.05, 0.1) is 6.04 Å². The van der Waals surface area contributed by atoms with E-state index in [2.05, 4.69) is 5.32 Å². The second-order valence-corrected chi connectivity index (χ2v) is 3.54. The quantitative estimate of drug-likeness (QED) is 0.737. The fraction of sp³-hybridized carbons (Fsp3) is 0.273. The highest BCUT2D eigenvalue weighted by molar-refractivity contribution is 5.93.